The first-order valence-corrected chi connectivity index (χ1v) is 8.83. The first kappa shape index (κ1) is 17.2. The Morgan fingerprint density at radius 3 is 2.78 bits per heavy atom. The van der Waals surface area contributed by atoms with Gasteiger partial charge in [0.15, 0.2) is 0 Å². The standard InChI is InChI=1S/C15H18FN3O3S/c1-10(20)17-5-3-12-9-18-15-11(4-6-19-23(2,21)22)7-13(16)8-14(12)15/h3,5,7-9,18-19H,4,6H2,1-2H3,(H,17,20)/b5-3+. The van der Waals surface area contributed by atoms with Crippen molar-refractivity contribution < 1.29 is 17.6 Å². The third kappa shape index (κ3) is 4.90. The number of hydrogen-bond acceptors (Lipinski definition) is 3. The smallest absolute Gasteiger partial charge is 0.220 e. The lowest BCUT2D eigenvalue weighted by Crippen LogP contribution is -2.24. The number of benzene rings is 1. The molecule has 0 radical (unpaired) electrons. The average molecular weight is 339 g/mol. The number of halogens is 1. The van der Waals surface area contributed by atoms with E-state index in [-0.39, 0.29) is 12.5 Å². The highest BCUT2D eigenvalue weighted by Gasteiger charge is 2.10. The van der Waals surface area contributed by atoms with Gasteiger partial charge in [-0.15, -0.1) is 0 Å². The van der Waals surface area contributed by atoms with Gasteiger partial charge in [-0.1, -0.05) is 0 Å². The fraction of sp³-hybridized carbons (Fsp3) is 0.267. The van der Waals surface area contributed by atoms with Gasteiger partial charge in [-0.2, -0.15) is 0 Å². The first-order valence-electron chi connectivity index (χ1n) is 6.94. The SMILES string of the molecule is CC(=O)N/C=C/c1c[nH]c2c(CCNS(C)(=O)=O)cc(F)cc12. The zero-order valence-electron chi connectivity index (χ0n) is 12.8. The van der Waals surface area contributed by atoms with E-state index in [9.17, 15) is 17.6 Å². The van der Waals surface area contributed by atoms with E-state index in [2.05, 4.69) is 15.0 Å². The Morgan fingerprint density at radius 1 is 1.39 bits per heavy atom. The molecule has 1 heterocycles. The number of carbonyl (C=O) groups excluding carboxylic acids is 1. The molecule has 1 amide bonds. The average Bonchev–Trinajstić information content (AvgIpc) is 2.80. The molecule has 0 saturated heterocycles. The number of sulfonamides is 1. The molecule has 1 aromatic heterocycles. The normalized spacial score (nSPS) is 12.1. The zero-order valence-corrected chi connectivity index (χ0v) is 13.6. The number of rotatable bonds is 6. The van der Waals surface area contributed by atoms with Crippen molar-refractivity contribution in [2.45, 2.75) is 13.3 Å². The van der Waals surface area contributed by atoms with E-state index in [1.807, 2.05) is 0 Å². The molecule has 124 valence electrons. The Labute approximate surface area is 133 Å². The maximum absolute atomic E-state index is 13.8. The summed E-state index contributed by atoms with van der Waals surface area (Å²) in [5.41, 5.74) is 2.14. The number of amides is 1. The van der Waals surface area contributed by atoms with Crippen LogP contribution in [0.25, 0.3) is 17.0 Å². The summed E-state index contributed by atoms with van der Waals surface area (Å²) >= 11 is 0. The fourth-order valence-corrected chi connectivity index (χ4v) is 2.72. The van der Waals surface area contributed by atoms with Crippen LogP contribution in [0.2, 0.25) is 0 Å². The number of aromatic amines is 1. The van der Waals surface area contributed by atoms with Crippen LogP contribution in [0.4, 0.5) is 4.39 Å². The van der Waals surface area contributed by atoms with Gasteiger partial charge in [-0.25, -0.2) is 17.5 Å². The molecule has 0 bridgehead atoms. The summed E-state index contributed by atoms with van der Waals surface area (Å²) in [7, 11) is -3.28. The lowest BCUT2D eigenvalue weighted by molar-refractivity contribution is -0.118. The maximum Gasteiger partial charge on any atom is 0.220 e. The fourth-order valence-electron chi connectivity index (χ4n) is 2.24. The third-order valence-electron chi connectivity index (χ3n) is 3.18. The predicted octanol–water partition coefficient (Wildman–Crippen LogP) is 1.51. The second-order valence-electron chi connectivity index (χ2n) is 5.18. The van der Waals surface area contributed by atoms with Crippen LogP contribution >= 0.6 is 0 Å². The largest absolute Gasteiger partial charge is 0.360 e. The minimum Gasteiger partial charge on any atom is -0.360 e. The summed E-state index contributed by atoms with van der Waals surface area (Å²) in [6, 6.07) is 2.77. The van der Waals surface area contributed by atoms with Crippen LogP contribution < -0.4 is 10.0 Å². The predicted molar refractivity (Wildman–Crippen MR) is 87.7 cm³/mol. The minimum atomic E-state index is -3.28. The van der Waals surface area contributed by atoms with E-state index in [0.29, 0.717) is 17.4 Å². The Balaban J connectivity index is 2.27. The van der Waals surface area contributed by atoms with Crippen LogP contribution in [-0.2, 0) is 21.2 Å². The highest BCUT2D eigenvalue weighted by molar-refractivity contribution is 7.88. The summed E-state index contributed by atoms with van der Waals surface area (Å²) in [6.45, 7) is 1.58. The summed E-state index contributed by atoms with van der Waals surface area (Å²) < 4.78 is 38.4. The second kappa shape index (κ2) is 6.93. The van der Waals surface area contributed by atoms with Crippen molar-refractivity contribution in [3.05, 3.63) is 41.5 Å². The van der Waals surface area contributed by atoms with Gasteiger partial charge in [0.1, 0.15) is 5.82 Å². The van der Waals surface area contributed by atoms with Crippen molar-refractivity contribution in [2.24, 2.45) is 0 Å². The molecule has 23 heavy (non-hydrogen) atoms. The van der Waals surface area contributed by atoms with E-state index in [1.54, 1.807) is 12.3 Å². The van der Waals surface area contributed by atoms with Crippen LogP contribution in [0.5, 0.6) is 0 Å². The summed E-state index contributed by atoms with van der Waals surface area (Å²) in [5.74, 6) is -0.597. The second-order valence-corrected chi connectivity index (χ2v) is 7.01. The molecule has 6 nitrogen and oxygen atoms in total. The third-order valence-corrected chi connectivity index (χ3v) is 3.90. The van der Waals surface area contributed by atoms with Gasteiger partial charge in [-0.05, 0) is 30.2 Å². The molecule has 8 heteroatoms. The van der Waals surface area contributed by atoms with Crippen LogP contribution in [-0.4, -0.2) is 32.1 Å². The van der Waals surface area contributed by atoms with Crippen molar-refractivity contribution in [2.75, 3.05) is 12.8 Å². The first-order chi connectivity index (χ1) is 10.8. The van der Waals surface area contributed by atoms with Crippen LogP contribution in [0.15, 0.2) is 24.5 Å². The molecule has 3 N–H and O–H groups in total. The molecule has 0 aliphatic carbocycles. The molecule has 0 unspecified atom stereocenters. The van der Waals surface area contributed by atoms with Crippen molar-refractivity contribution in [3.8, 4) is 0 Å². The minimum absolute atomic E-state index is 0.188. The van der Waals surface area contributed by atoms with Crippen LogP contribution in [0, 0.1) is 5.82 Å². The number of H-pyrrole nitrogens is 1. The Hall–Kier alpha value is -2.19. The van der Waals surface area contributed by atoms with E-state index in [1.165, 1.54) is 25.3 Å². The number of aromatic nitrogens is 1. The van der Waals surface area contributed by atoms with Crippen molar-refractivity contribution in [1.82, 2.24) is 15.0 Å². The summed E-state index contributed by atoms with van der Waals surface area (Å²) in [5, 5.41) is 3.19. The molecule has 2 rings (SSSR count). The van der Waals surface area contributed by atoms with Gasteiger partial charge in [0, 0.05) is 42.3 Å². The van der Waals surface area contributed by atoms with Gasteiger partial charge < -0.3 is 10.3 Å². The van der Waals surface area contributed by atoms with E-state index in [4.69, 9.17) is 0 Å². The lowest BCUT2D eigenvalue weighted by atomic mass is 10.1. The monoisotopic (exact) mass is 339 g/mol. The van der Waals surface area contributed by atoms with E-state index in [0.717, 1.165) is 17.3 Å². The molecular formula is C15H18FN3O3S. The van der Waals surface area contributed by atoms with Gasteiger partial charge in [0.25, 0.3) is 0 Å². The van der Waals surface area contributed by atoms with Crippen LogP contribution in [0.3, 0.4) is 0 Å². The zero-order chi connectivity index (χ0) is 17.0. The van der Waals surface area contributed by atoms with Crippen molar-refractivity contribution >= 4 is 32.9 Å². The van der Waals surface area contributed by atoms with E-state index >= 15 is 0 Å². The van der Waals surface area contributed by atoms with E-state index < -0.39 is 15.8 Å². The lowest BCUT2D eigenvalue weighted by Gasteiger charge is -2.05. The number of carbonyl (C=O) groups is 1. The van der Waals surface area contributed by atoms with Crippen molar-refractivity contribution in [1.29, 1.82) is 0 Å². The Morgan fingerprint density at radius 2 is 2.13 bits per heavy atom. The highest BCUT2D eigenvalue weighted by Crippen LogP contribution is 2.24. The molecule has 0 aliphatic rings. The highest BCUT2D eigenvalue weighted by atomic mass is 32.2. The van der Waals surface area contributed by atoms with Gasteiger partial charge in [0.2, 0.25) is 15.9 Å². The molecule has 0 spiro atoms. The Kier molecular flexibility index (Phi) is 5.17. The molecule has 0 fully saturated rings. The molecule has 0 saturated carbocycles. The summed E-state index contributed by atoms with van der Waals surface area (Å²) in [4.78, 5) is 13.9. The molecule has 0 aliphatic heterocycles. The Bertz CT molecular complexity index is 856. The quantitative estimate of drug-likeness (QED) is 0.745. The molecular weight excluding hydrogens is 321 g/mol. The number of nitrogens with one attached hydrogen (secondary N) is 3. The number of hydrogen-bond donors (Lipinski definition) is 3. The summed E-state index contributed by atoms with van der Waals surface area (Å²) in [6.07, 6.45) is 6.29. The van der Waals surface area contributed by atoms with Gasteiger partial charge >= 0.3 is 0 Å². The molecule has 0 atom stereocenters. The van der Waals surface area contributed by atoms with Gasteiger partial charge in [-0.3, -0.25) is 4.79 Å². The number of fused-ring (bicyclic) bond motifs is 1. The molecule has 1 aromatic carbocycles. The molecule has 2 aromatic rings. The van der Waals surface area contributed by atoms with Crippen LogP contribution in [0.1, 0.15) is 18.1 Å². The maximum atomic E-state index is 13.8. The topological polar surface area (TPSA) is 91.1 Å². The van der Waals surface area contributed by atoms with Gasteiger partial charge in [0.05, 0.1) is 6.26 Å². The van der Waals surface area contributed by atoms with Crippen molar-refractivity contribution in [3.63, 3.8) is 0 Å².